The Labute approximate surface area is 102 Å². The lowest BCUT2D eigenvalue weighted by molar-refractivity contribution is 0.280. The molecule has 0 spiro atoms. The highest BCUT2D eigenvalue weighted by Crippen LogP contribution is 2.27. The quantitative estimate of drug-likeness (QED) is 0.661. The third-order valence-electron chi connectivity index (χ3n) is 2.04. The van der Waals surface area contributed by atoms with E-state index in [1.165, 1.54) is 6.20 Å². The molecule has 1 aromatic carbocycles. The van der Waals surface area contributed by atoms with Crippen LogP contribution in [0.15, 0.2) is 35.2 Å². The molecule has 5 N–H and O–H groups in total. The first-order valence-corrected chi connectivity index (χ1v) is 5.14. The topological polar surface area (TPSA) is 79.7 Å². The Kier molecular flexibility index (Phi) is 2.91. The van der Waals surface area contributed by atoms with Crippen molar-refractivity contribution in [3.8, 4) is 0 Å². The maximum atomic E-state index is 6.06. The smallest absolute Gasteiger partial charge is 0.118 e. The fraction of sp³-hybridized carbons (Fsp3) is 0. The van der Waals surface area contributed by atoms with Gasteiger partial charge in [-0.2, -0.15) is 5.10 Å². The molecule has 0 radical (unpaired) electrons. The van der Waals surface area contributed by atoms with Crippen LogP contribution < -0.4 is 17.1 Å². The van der Waals surface area contributed by atoms with Gasteiger partial charge in [-0.15, -0.1) is 0 Å². The Morgan fingerprint density at radius 3 is 2.75 bits per heavy atom. The van der Waals surface area contributed by atoms with Crippen LogP contribution in [0, 0.1) is 0 Å². The van der Waals surface area contributed by atoms with E-state index in [0.717, 1.165) is 5.12 Å². The second kappa shape index (κ2) is 4.21. The van der Waals surface area contributed by atoms with Crippen LogP contribution in [0.4, 0.5) is 0 Å². The first kappa shape index (κ1) is 11.1. The Morgan fingerprint density at radius 2 is 2.06 bits per heavy atom. The summed E-state index contributed by atoms with van der Waals surface area (Å²) in [7, 11) is 0. The second-order valence-corrected chi connectivity index (χ2v) is 3.94. The predicted octanol–water partition coefficient (Wildman–Crippen LogP) is 1.19. The number of nitrogens with one attached hydrogen (secondary N) is 1. The summed E-state index contributed by atoms with van der Waals surface area (Å²) < 4.78 is 0. The van der Waals surface area contributed by atoms with Gasteiger partial charge >= 0.3 is 0 Å². The predicted molar refractivity (Wildman–Crippen MR) is 64.4 cm³/mol. The maximum absolute atomic E-state index is 6.06. The molecule has 1 aliphatic rings. The molecule has 0 unspecified atom stereocenters. The number of hydrazine groups is 2. The molecule has 0 aromatic heterocycles. The average molecular weight is 258 g/mol. The molecule has 0 aliphatic carbocycles. The van der Waals surface area contributed by atoms with Gasteiger partial charge in [-0.05, 0) is 6.07 Å². The van der Waals surface area contributed by atoms with E-state index in [4.69, 9.17) is 34.8 Å². The van der Waals surface area contributed by atoms with E-state index in [-0.39, 0.29) is 0 Å². The van der Waals surface area contributed by atoms with Gasteiger partial charge < -0.3 is 5.73 Å². The number of hydrazone groups is 1. The fourth-order valence-electron chi connectivity index (χ4n) is 1.31. The molecule has 7 heteroatoms. The third-order valence-corrected chi connectivity index (χ3v) is 2.85. The number of hydrogen-bond acceptors (Lipinski definition) is 5. The molecule has 16 heavy (non-hydrogen) atoms. The molecule has 84 valence electrons. The molecular weight excluding hydrogens is 249 g/mol. The summed E-state index contributed by atoms with van der Waals surface area (Å²) in [5.41, 5.74) is 9.91. The van der Waals surface area contributed by atoms with E-state index in [0.29, 0.717) is 27.0 Å². The van der Waals surface area contributed by atoms with Crippen molar-refractivity contribution < 1.29 is 0 Å². The van der Waals surface area contributed by atoms with Crippen molar-refractivity contribution in [1.29, 1.82) is 0 Å². The molecule has 2 rings (SSSR count). The number of hydrogen-bond donors (Lipinski definition) is 3. The minimum absolute atomic E-state index is 0.408. The highest BCUT2D eigenvalue weighted by Gasteiger charge is 2.16. The van der Waals surface area contributed by atoms with Crippen molar-refractivity contribution in [3.63, 3.8) is 0 Å². The van der Waals surface area contributed by atoms with E-state index in [1.54, 1.807) is 18.2 Å². The lowest BCUT2D eigenvalue weighted by Crippen LogP contribution is -2.41. The molecule has 0 bridgehead atoms. The van der Waals surface area contributed by atoms with Gasteiger partial charge in [0, 0.05) is 5.56 Å². The molecule has 0 amide bonds. The summed E-state index contributed by atoms with van der Waals surface area (Å²) in [5, 5.41) is 6.00. The molecule has 0 saturated heterocycles. The highest BCUT2D eigenvalue weighted by molar-refractivity contribution is 6.44. The molecule has 1 heterocycles. The summed E-state index contributed by atoms with van der Waals surface area (Å²) in [6.07, 6.45) is 1.50. The van der Waals surface area contributed by atoms with Crippen molar-refractivity contribution in [2.45, 2.75) is 0 Å². The zero-order valence-corrected chi connectivity index (χ0v) is 9.63. The third kappa shape index (κ3) is 1.92. The van der Waals surface area contributed by atoms with Crippen LogP contribution in [0.3, 0.4) is 0 Å². The summed E-state index contributed by atoms with van der Waals surface area (Å²) in [6, 6.07) is 5.25. The standard InChI is InChI=1S/C9H9Cl2N5/c10-6-3-1-2-5(8(6)11)9-7(12)4-16(13)15-14-9/h1-4,15H,12-13H2. The highest BCUT2D eigenvalue weighted by atomic mass is 35.5. The van der Waals surface area contributed by atoms with Crippen molar-refractivity contribution >= 4 is 28.9 Å². The first-order valence-electron chi connectivity index (χ1n) is 4.39. The Hall–Kier alpha value is -1.43. The van der Waals surface area contributed by atoms with Gasteiger partial charge in [0.25, 0.3) is 0 Å². The molecule has 5 nitrogen and oxygen atoms in total. The SMILES string of the molecule is NC1=CN(N)NN=C1c1cccc(Cl)c1Cl. The van der Waals surface area contributed by atoms with Gasteiger partial charge in [0.1, 0.15) is 5.71 Å². The van der Waals surface area contributed by atoms with Crippen molar-refractivity contribution in [1.82, 2.24) is 10.7 Å². The molecule has 0 atom stereocenters. The number of nitrogens with zero attached hydrogens (tertiary/aromatic N) is 2. The van der Waals surface area contributed by atoms with E-state index < -0.39 is 0 Å². The van der Waals surface area contributed by atoms with Gasteiger partial charge in [-0.25, -0.2) is 16.5 Å². The maximum Gasteiger partial charge on any atom is 0.118 e. The number of rotatable bonds is 1. The van der Waals surface area contributed by atoms with Crippen molar-refractivity contribution in [2.24, 2.45) is 16.7 Å². The summed E-state index contributed by atoms with van der Waals surface area (Å²) in [5.74, 6) is 5.43. The van der Waals surface area contributed by atoms with Gasteiger partial charge in [-0.3, -0.25) is 0 Å². The Morgan fingerprint density at radius 1 is 1.31 bits per heavy atom. The van der Waals surface area contributed by atoms with Crippen LogP contribution in [-0.4, -0.2) is 10.8 Å². The van der Waals surface area contributed by atoms with Crippen LogP contribution in [0.5, 0.6) is 0 Å². The number of nitrogens with two attached hydrogens (primary N) is 2. The summed E-state index contributed by atoms with van der Waals surface area (Å²) in [4.78, 5) is 0. The van der Waals surface area contributed by atoms with Crippen LogP contribution in [-0.2, 0) is 0 Å². The minimum Gasteiger partial charge on any atom is -0.396 e. The molecule has 1 aromatic rings. The summed E-state index contributed by atoms with van der Waals surface area (Å²) in [6.45, 7) is 0. The number of halogens is 2. The monoisotopic (exact) mass is 257 g/mol. The van der Waals surface area contributed by atoms with Gasteiger partial charge in [0.05, 0.1) is 21.9 Å². The lowest BCUT2D eigenvalue weighted by atomic mass is 10.1. The van der Waals surface area contributed by atoms with E-state index in [1.807, 2.05) is 0 Å². The zero-order chi connectivity index (χ0) is 11.7. The Bertz CT molecular complexity index is 483. The average Bonchev–Trinajstić information content (AvgIpc) is 2.23. The second-order valence-electron chi connectivity index (χ2n) is 3.15. The number of benzene rings is 1. The van der Waals surface area contributed by atoms with Gasteiger partial charge in [-0.1, -0.05) is 35.3 Å². The normalized spacial score (nSPS) is 15.3. The Balaban J connectivity index is 2.46. The van der Waals surface area contributed by atoms with Crippen LogP contribution in [0.25, 0.3) is 0 Å². The van der Waals surface area contributed by atoms with E-state index in [2.05, 4.69) is 10.6 Å². The molecule has 1 aliphatic heterocycles. The van der Waals surface area contributed by atoms with Gasteiger partial charge in [0.2, 0.25) is 0 Å². The molecule has 0 saturated carbocycles. The van der Waals surface area contributed by atoms with Crippen molar-refractivity contribution in [2.75, 3.05) is 0 Å². The van der Waals surface area contributed by atoms with Crippen LogP contribution in [0.2, 0.25) is 10.0 Å². The zero-order valence-electron chi connectivity index (χ0n) is 8.11. The number of allylic oxidation sites excluding steroid dienone is 1. The van der Waals surface area contributed by atoms with E-state index >= 15 is 0 Å². The molecule has 0 fully saturated rings. The molecular formula is C9H9Cl2N5. The summed E-state index contributed by atoms with van der Waals surface area (Å²) >= 11 is 12.0. The van der Waals surface area contributed by atoms with Gasteiger partial charge in [0.15, 0.2) is 0 Å². The van der Waals surface area contributed by atoms with Crippen LogP contribution >= 0.6 is 23.2 Å². The van der Waals surface area contributed by atoms with E-state index in [9.17, 15) is 0 Å². The lowest BCUT2D eigenvalue weighted by Gasteiger charge is -2.20. The fourth-order valence-corrected chi connectivity index (χ4v) is 1.70. The largest absolute Gasteiger partial charge is 0.396 e. The minimum atomic E-state index is 0.408. The first-order chi connectivity index (χ1) is 7.59. The van der Waals surface area contributed by atoms with Crippen molar-refractivity contribution in [3.05, 3.63) is 45.7 Å². The van der Waals surface area contributed by atoms with Crippen LogP contribution in [0.1, 0.15) is 5.56 Å².